The van der Waals surface area contributed by atoms with Crippen molar-refractivity contribution >= 4 is 5.78 Å². The summed E-state index contributed by atoms with van der Waals surface area (Å²) >= 11 is 0. The third kappa shape index (κ3) is 4.67. The smallest absolute Gasteiger partial charge is 0.135 e. The van der Waals surface area contributed by atoms with Crippen molar-refractivity contribution in [3.05, 3.63) is 35.9 Å². The van der Waals surface area contributed by atoms with E-state index in [1.165, 1.54) is 0 Å². The van der Waals surface area contributed by atoms with Crippen LogP contribution in [0.1, 0.15) is 19.4 Å². The zero-order chi connectivity index (χ0) is 12.7. The predicted molar refractivity (Wildman–Crippen MR) is 66.7 cm³/mol. The van der Waals surface area contributed by atoms with Gasteiger partial charge in [0.1, 0.15) is 5.78 Å². The van der Waals surface area contributed by atoms with Crippen LogP contribution < -0.4 is 0 Å². The highest BCUT2D eigenvalue weighted by Crippen LogP contribution is 2.10. The molecule has 3 nitrogen and oxygen atoms in total. The number of methoxy groups -OCH3 is 1. The molecule has 1 aromatic carbocycles. The number of hydrogen-bond donors (Lipinski definition) is 0. The van der Waals surface area contributed by atoms with Crippen molar-refractivity contribution in [2.45, 2.75) is 26.6 Å². The molecule has 0 fully saturated rings. The van der Waals surface area contributed by atoms with Gasteiger partial charge >= 0.3 is 0 Å². The van der Waals surface area contributed by atoms with Gasteiger partial charge in [-0.2, -0.15) is 0 Å². The molecule has 3 heteroatoms. The Morgan fingerprint density at radius 2 is 1.94 bits per heavy atom. The Labute approximate surface area is 103 Å². The number of carbonyl (C=O) groups is 1. The van der Waals surface area contributed by atoms with Gasteiger partial charge in [0.25, 0.3) is 0 Å². The molecule has 17 heavy (non-hydrogen) atoms. The summed E-state index contributed by atoms with van der Waals surface area (Å²) in [4.78, 5) is 11.2. The quantitative estimate of drug-likeness (QED) is 0.729. The highest BCUT2D eigenvalue weighted by Gasteiger charge is 2.20. The maximum Gasteiger partial charge on any atom is 0.135 e. The number of carbonyl (C=O) groups excluding carboxylic acids is 1. The Bertz CT molecular complexity index is 335. The summed E-state index contributed by atoms with van der Waals surface area (Å²) < 4.78 is 10.8. The van der Waals surface area contributed by atoms with Crippen LogP contribution in [0.2, 0.25) is 0 Å². The molecule has 0 radical (unpaired) electrons. The van der Waals surface area contributed by atoms with E-state index in [1.807, 2.05) is 37.3 Å². The van der Waals surface area contributed by atoms with Crippen molar-refractivity contribution in [3.63, 3.8) is 0 Å². The molecule has 0 spiro atoms. The predicted octanol–water partition coefficient (Wildman–Crippen LogP) is 2.44. The number of hydrogen-bond acceptors (Lipinski definition) is 3. The molecule has 0 N–H and O–H groups in total. The second kappa shape index (κ2) is 7.20. The number of ketones is 1. The summed E-state index contributed by atoms with van der Waals surface area (Å²) in [6.45, 7) is 4.42. The van der Waals surface area contributed by atoms with E-state index in [9.17, 15) is 4.79 Å². The standard InChI is InChI=1S/C14H20O3/c1-11(12(2)15)14(16-3)10-17-9-13-7-5-4-6-8-13/h4-8,11,14H,9-10H2,1-3H3/t11-,14-/m1/s1. The van der Waals surface area contributed by atoms with E-state index in [0.717, 1.165) is 5.56 Å². The SMILES string of the molecule is CO[C@H](COCc1ccccc1)[C@H](C)C(C)=O. The van der Waals surface area contributed by atoms with E-state index < -0.39 is 0 Å². The van der Waals surface area contributed by atoms with Crippen LogP contribution in [0.3, 0.4) is 0 Å². The second-order valence-corrected chi connectivity index (χ2v) is 4.17. The van der Waals surface area contributed by atoms with Crippen LogP contribution in [-0.4, -0.2) is 25.6 Å². The lowest BCUT2D eigenvalue weighted by atomic mass is 10.0. The van der Waals surface area contributed by atoms with Crippen LogP contribution in [0.15, 0.2) is 30.3 Å². The number of benzene rings is 1. The molecule has 1 rings (SSSR count). The minimum atomic E-state index is -0.170. The van der Waals surface area contributed by atoms with E-state index in [-0.39, 0.29) is 17.8 Å². The van der Waals surface area contributed by atoms with E-state index in [1.54, 1.807) is 14.0 Å². The fourth-order valence-corrected chi connectivity index (χ4v) is 1.55. The van der Waals surface area contributed by atoms with Gasteiger partial charge in [0, 0.05) is 13.0 Å². The van der Waals surface area contributed by atoms with Crippen LogP contribution in [-0.2, 0) is 20.9 Å². The average molecular weight is 236 g/mol. The fourth-order valence-electron chi connectivity index (χ4n) is 1.55. The van der Waals surface area contributed by atoms with Crippen LogP contribution in [0.25, 0.3) is 0 Å². The third-order valence-corrected chi connectivity index (χ3v) is 2.90. The van der Waals surface area contributed by atoms with Crippen molar-refractivity contribution in [2.75, 3.05) is 13.7 Å². The molecular weight excluding hydrogens is 216 g/mol. The van der Waals surface area contributed by atoms with Crippen LogP contribution in [0.4, 0.5) is 0 Å². The average Bonchev–Trinajstić information content (AvgIpc) is 2.35. The summed E-state index contributed by atoms with van der Waals surface area (Å²) in [6, 6.07) is 9.95. The first-order valence-corrected chi connectivity index (χ1v) is 5.80. The first kappa shape index (κ1) is 13.9. The highest BCUT2D eigenvalue weighted by atomic mass is 16.5. The first-order valence-electron chi connectivity index (χ1n) is 5.80. The lowest BCUT2D eigenvalue weighted by molar-refractivity contribution is -0.126. The van der Waals surface area contributed by atoms with Crippen molar-refractivity contribution in [2.24, 2.45) is 5.92 Å². The molecular formula is C14H20O3. The minimum absolute atomic E-state index is 0.125. The molecule has 2 atom stereocenters. The van der Waals surface area contributed by atoms with E-state index in [2.05, 4.69) is 0 Å². The van der Waals surface area contributed by atoms with Crippen molar-refractivity contribution in [3.8, 4) is 0 Å². The van der Waals surface area contributed by atoms with Crippen molar-refractivity contribution < 1.29 is 14.3 Å². The third-order valence-electron chi connectivity index (χ3n) is 2.90. The number of Topliss-reactive ketones (excluding diaryl/α,β-unsaturated/α-hetero) is 1. The number of rotatable bonds is 7. The zero-order valence-electron chi connectivity index (χ0n) is 10.7. The van der Waals surface area contributed by atoms with Crippen LogP contribution in [0, 0.1) is 5.92 Å². The van der Waals surface area contributed by atoms with Gasteiger partial charge in [-0.15, -0.1) is 0 Å². The van der Waals surface area contributed by atoms with E-state index >= 15 is 0 Å². The summed E-state index contributed by atoms with van der Waals surface area (Å²) in [6.07, 6.45) is -0.170. The lowest BCUT2D eigenvalue weighted by Gasteiger charge is -2.20. The molecule has 0 saturated heterocycles. The van der Waals surface area contributed by atoms with Gasteiger partial charge in [-0.3, -0.25) is 4.79 Å². The molecule has 0 aliphatic heterocycles. The van der Waals surface area contributed by atoms with Gasteiger partial charge in [0.05, 0.1) is 19.3 Å². The van der Waals surface area contributed by atoms with Gasteiger partial charge in [0.2, 0.25) is 0 Å². The minimum Gasteiger partial charge on any atom is -0.378 e. The Kier molecular flexibility index (Phi) is 5.87. The molecule has 0 aliphatic rings. The Morgan fingerprint density at radius 3 is 2.47 bits per heavy atom. The molecule has 0 bridgehead atoms. The second-order valence-electron chi connectivity index (χ2n) is 4.17. The monoisotopic (exact) mass is 236 g/mol. The molecule has 0 amide bonds. The Balaban J connectivity index is 2.36. The van der Waals surface area contributed by atoms with Gasteiger partial charge < -0.3 is 9.47 Å². The van der Waals surface area contributed by atoms with Crippen LogP contribution >= 0.6 is 0 Å². The zero-order valence-corrected chi connectivity index (χ0v) is 10.7. The van der Waals surface area contributed by atoms with Gasteiger partial charge in [-0.25, -0.2) is 0 Å². The maximum absolute atomic E-state index is 11.2. The summed E-state index contributed by atoms with van der Waals surface area (Å²) in [5.41, 5.74) is 1.12. The molecule has 0 unspecified atom stereocenters. The molecule has 0 saturated carbocycles. The molecule has 0 aliphatic carbocycles. The molecule has 1 aromatic rings. The van der Waals surface area contributed by atoms with Crippen molar-refractivity contribution in [1.82, 2.24) is 0 Å². The molecule has 94 valence electrons. The molecule has 0 heterocycles. The largest absolute Gasteiger partial charge is 0.378 e. The van der Waals surface area contributed by atoms with E-state index in [4.69, 9.17) is 9.47 Å². The van der Waals surface area contributed by atoms with Crippen molar-refractivity contribution in [1.29, 1.82) is 0 Å². The fraction of sp³-hybridized carbons (Fsp3) is 0.500. The van der Waals surface area contributed by atoms with Crippen LogP contribution in [0.5, 0.6) is 0 Å². The Morgan fingerprint density at radius 1 is 1.29 bits per heavy atom. The van der Waals surface area contributed by atoms with E-state index in [0.29, 0.717) is 13.2 Å². The van der Waals surface area contributed by atoms with Gasteiger partial charge in [-0.05, 0) is 12.5 Å². The normalized spacial score (nSPS) is 14.3. The summed E-state index contributed by atoms with van der Waals surface area (Å²) in [5.74, 6) is -0.00376. The summed E-state index contributed by atoms with van der Waals surface area (Å²) in [5, 5.41) is 0. The summed E-state index contributed by atoms with van der Waals surface area (Å²) in [7, 11) is 1.61. The maximum atomic E-state index is 11.2. The first-order chi connectivity index (χ1) is 8.15. The Hall–Kier alpha value is -1.19. The van der Waals surface area contributed by atoms with Gasteiger partial charge in [-0.1, -0.05) is 37.3 Å². The molecule has 0 aromatic heterocycles. The van der Waals surface area contributed by atoms with Gasteiger partial charge in [0.15, 0.2) is 0 Å². The highest BCUT2D eigenvalue weighted by molar-refractivity contribution is 5.78. The number of ether oxygens (including phenoxy) is 2. The topological polar surface area (TPSA) is 35.5 Å². The lowest BCUT2D eigenvalue weighted by Crippen LogP contribution is -2.30.